The van der Waals surface area contributed by atoms with E-state index in [-0.39, 0.29) is 24.3 Å². The van der Waals surface area contributed by atoms with Gasteiger partial charge in [-0.3, -0.25) is 4.79 Å². The molecule has 0 bridgehead atoms. The number of aryl methyl sites for hydroxylation is 1. The van der Waals surface area contributed by atoms with Gasteiger partial charge in [-0.1, -0.05) is 32.0 Å². The summed E-state index contributed by atoms with van der Waals surface area (Å²) >= 11 is 0. The quantitative estimate of drug-likeness (QED) is 0.691. The van der Waals surface area contributed by atoms with Crippen molar-refractivity contribution in [3.8, 4) is 0 Å². The highest BCUT2D eigenvalue weighted by Gasteiger charge is 2.21. The SMILES string of the molecule is CC(C)C(NC(=O)CCc1ccc(F)c(F)c1)c1nc2ccccc2[nH]1. The van der Waals surface area contributed by atoms with Crippen LogP contribution in [0.15, 0.2) is 42.5 Å². The molecule has 0 saturated heterocycles. The van der Waals surface area contributed by atoms with Gasteiger partial charge in [-0.2, -0.15) is 0 Å². The van der Waals surface area contributed by atoms with Crippen LogP contribution in [0, 0.1) is 17.6 Å². The number of amides is 1. The summed E-state index contributed by atoms with van der Waals surface area (Å²) in [5, 5.41) is 2.99. The summed E-state index contributed by atoms with van der Waals surface area (Å²) in [4.78, 5) is 20.2. The number of H-pyrrole nitrogens is 1. The number of imidazole rings is 1. The number of carbonyl (C=O) groups excluding carboxylic acids is 1. The summed E-state index contributed by atoms with van der Waals surface area (Å²) in [5.41, 5.74) is 2.36. The van der Waals surface area contributed by atoms with Crippen molar-refractivity contribution in [1.29, 1.82) is 0 Å². The molecule has 1 unspecified atom stereocenters. The van der Waals surface area contributed by atoms with Crippen LogP contribution in [0.3, 0.4) is 0 Å². The number of aromatic amines is 1. The Morgan fingerprint density at radius 3 is 2.62 bits per heavy atom. The molecule has 2 aromatic carbocycles. The molecule has 1 atom stereocenters. The Morgan fingerprint density at radius 2 is 1.92 bits per heavy atom. The van der Waals surface area contributed by atoms with E-state index < -0.39 is 11.6 Å². The third-order valence-corrected chi connectivity index (χ3v) is 4.31. The predicted molar refractivity (Wildman–Crippen MR) is 96.5 cm³/mol. The fraction of sp³-hybridized carbons (Fsp3) is 0.300. The zero-order valence-corrected chi connectivity index (χ0v) is 14.7. The number of benzene rings is 2. The maximum absolute atomic E-state index is 13.3. The van der Waals surface area contributed by atoms with Crippen LogP contribution in [-0.4, -0.2) is 15.9 Å². The minimum Gasteiger partial charge on any atom is -0.346 e. The Labute approximate surface area is 150 Å². The molecule has 6 heteroatoms. The van der Waals surface area contributed by atoms with Gasteiger partial charge in [-0.15, -0.1) is 0 Å². The second-order valence-electron chi connectivity index (χ2n) is 6.68. The summed E-state index contributed by atoms with van der Waals surface area (Å²) in [7, 11) is 0. The summed E-state index contributed by atoms with van der Waals surface area (Å²) in [6, 6.07) is 11.1. The van der Waals surface area contributed by atoms with Crippen molar-refractivity contribution >= 4 is 16.9 Å². The molecule has 4 nitrogen and oxygen atoms in total. The van der Waals surface area contributed by atoms with E-state index in [9.17, 15) is 13.6 Å². The smallest absolute Gasteiger partial charge is 0.220 e. The van der Waals surface area contributed by atoms with Gasteiger partial charge >= 0.3 is 0 Å². The summed E-state index contributed by atoms with van der Waals surface area (Å²) in [6.45, 7) is 4.01. The maximum Gasteiger partial charge on any atom is 0.220 e. The molecular weight excluding hydrogens is 336 g/mol. The van der Waals surface area contributed by atoms with Gasteiger partial charge in [-0.25, -0.2) is 13.8 Å². The molecule has 0 aliphatic heterocycles. The highest BCUT2D eigenvalue weighted by Crippen LogP contribution is 2.22. The summed E-state index contributed by atoms with van der Waals surface area (Å²) in [5.74, 6) is -1.09. The number of halogens is 2. The number of nitrogens with one attached hydrogen (secondary N) is 2. The van der Waals surface area contributed by atoms with Gasteiger partial charge in [-0.05, 0) is 42.2 Å². The van der Waals surface area contributed by atoms with Crippen LogP contribution in [0.25, 0.3) is 11.0 Å². The highest BCUT2D eigenvalue weighted by molar-refractivity contribution is 5.77. The molecule has 1 aromatic heterocycles. The van der Waals surface area contributed by atoms with Gasteiger partial charge in [0.15, 0.2) is 11.6 Å². The lowest BCUT2D eigenvalue weighted by atomic mass is 10.0. The molecule has 26 heavy (non-hydrogen) atoms. The van der Waals surface area contributed by atoms with E-state index in [1.807, 2.05) is 38.1 Å². The van der Waals surface area contributed by atoms with Crippen molar-refractivity contribution in [3.63, 3.8) is 0 Å². The van der Waals surface area contributed by atoms with Crippen LogP contribution in [0.5, 0.6) is 0 Å². The maximum atomic E-state index is 13.3. The average molecular weight is 357 g/mol. The fourth-order valence-electron chi connectivity index (χ4n) is 2.87. The van der Waals surface area contributed by atoms with Gasteiger partial charge in [0, 0.05) is 6.42 Å². The van der Waals surface area contributed by atoms with Gasteiger partial charge in [0.25, 0.3) is 0 Å². The molecule has 1 heterocycles. The van der Waals surface area contributed by atoms with Crippen LogP contribution in [-0.2, 0) is 11.2 Å². The second-order valence-corrected chi connectivity index (χ2v) is 6.68. The van der Waals surface area contributed by atoms with Crippen molar-refractivity contribution in [3.05, 3.63) is 65.5 Å². The lowest BCUT2D eigenvalue weighted by Crippen LogP contribution is -2.32. The molecule has 136 valence electrons. The van der Waals surface area contributed by atoms with Crippen LogP contribution >= 0.6 is 0 Å². The number of fused-ring (bicyclic) bond motifs is 1. The van der Waals surface area contributed by atoms with Crippen molar-refractivity contribution in [1.82, 2.24) is 15.3 Å². The Balaban J connectivity index is 1.67. The topological polar surface area (TPSA) is 57.8 Å². The fourth-order valence-corrected chi connectivity index (χ4v) is 2.87. The highest BCUT2D eigenvalue weighted by atomic mass is 19.2. The van der Waals surface area contributed by atoms with Crippen molar-refractivity contribution in [2.24, 2.45) is 5.92 Å². The molecule has 0 spiro atoms. The molecule has 0 aliphatic rings. The van der Waals surface area contributed by atoms with E-state index in [2.05, 4.69) is 15.3 Å². The molecule has 0 saturated carbocycles. The van der Waals surface area contributed by atoms with Crippen molar-refractivity contribution in [2.75, 3.05) is 0 Å². The Bertz CT molecular complexity index is 887. The van der Waals surface area contributed by atoms with E-state index in [4.69, 9.17) is 0 Å². The zero-order chi connectivity index (χ0) is 18.7. The summed E-state index contributed by atoms with van der Waals surface area (Å²) < 4.78 is 26.2. The standard InChI is InChI=1S/C20H21F2N3O/c1-12(2)19(20-23-16-5-3-4-6-17(16)24-20)25-18(26)10-8-13-7-9-14(21)15(22)11-13/h3-7,9,11-12,19H,8,10H2,1-2H3,(H,23,24)(H,25,26). The Hall–Kier alpha value is -2.76. The first-order valence-electron chi connectivity index (χ1n) is 8.62. The number of rotatable bonds is 6. The minimum atomic E-state index is -0.898. The van der Waals surface area contributed by atoms with Crippen molar-refractivity contribution in [2.45, 2.75) is 32.7 Å². The lowest BCUT2D eigenvalue weighted by molar-refractivity contribution is -0.122. The minimum absolute atomic E-state index is 0.141. The third kappa shape index (κ3) is 4.07. The molecule has 0 aliphatic carbocycles. The predicted octanol–water partition coefficient (Wildman–Crippen LogP) is 4.29. The number of nitrogens with zero attached hydrogens (tertiary/aromatic N) is 1. The lowest BCUT2D eigenvalue weighted by Gasteiger charge is -2.20. The summed E-state index contributed by atoms with van der Waals surface area (Å²) in [6.07, 6.45) is 0.530. The molecule has 2 N–H and O–H groups in total. The zero-order valence-electron chi connectivity index (χ0n) is 14.7. The van der Waals surface area contributed by atoms with Gasteiger partial charge in [0.1, 0.15) is 5.82 Å². The number of hydrogen-bond acceptors (Lipinski definition) is 2. The van der Waals surface area contributed by atoms with E-state index in [1.165, 1.54) is 6.07 Å². The van der Waals surface area contributed by atoms with Crippen LogP contribution < -0.4 is 5.32 Å². The first kappa shape index (κ1) is 18.0. The second kappa shape index (κ2) is 7.64. The van der Waals surface area contributed by atoms with E-state index >= 15 is 0 Å². The largest absolute Gasteiger partial charge is 0.346 e. The average Bonchev–Trinajstić information content (AvgIpc) is 3.04. The molecule has 0 fully saturated rings. The number of hydrogen-bond donors (Lipinski definition) is 2. The van der Waals surface area contributed by atoms with Gasteiger partial charge < -0.3 is 10.3 Å². The number of carbonyl (C=O) groups is 1. The van der Waals surface area contributed by atoms with Crippen molar-refractivity contribution < 1.29 is 13.6 Å². The van der Waals surface area contributed by atoms with E-state index in [0.717, 1.165) is 23.2 Å². The van der Waals surface area contributed by atoms with Gasteiger partial charge in [0.2, 0.25) is 5.91 Å². The van der Waals surface area contributed by atoms with E-state index in [0.29, 0.717) is 17.8 Å². The van der Waals surface area contributed by atoms with Gasteiger partial charge in [0.05, 0.1) is 17.1 Å². The van der Waals surface area contributed by atoms with E-state index in [1.54, 1.807) is 0 Å². The molecule has 0 radical (unpaired) electrons. The van der Waals surface area contributed by atoms with Crippen LogP contribution in [0.1, 0.15) is 37.7 Å². The molecule has 1 amide bonds. The van der Waals surface area contributed by atoms with Crippen LogP contribution in [0.4, 0.5) is 8.78 Å². The first-order chi connectivity index (χ1) is 12.4. The number of para-hydroxylation sites is 2. The van der Waals surface area contributed by atoms with Crippen LogP contribution in [0.2, 0.25) is 0 Å². The number of aromatic nitrogens is 2. The Morgan fingerprint density at radius 1 is 1.15 bits per heavy atom. The Kier molecular flexibility index (Phi) is 5.30. The molecular formula is C20H21F2N3O. The molecule has 3 rings (SSSR count). The third-order valence-electron chi connectivity index (χ3n) is 4.31. The molecule has 3 aromatic rings. The normalized spacial score (nSPS) is 12.5. The monoisotopic (exact) mass is 357 g/mol. The first-order valence-corrected chi connectivity index (χ1v) is 8.62.